The van der Waals surface area contributed by atoms with Gasteiger partial charge >= 0.3 is 5.97 Å². The van der Waals surface area contributed by atoms with E-state index in [4.69, 9.17) is 16.6 Å². The monoisotopic (exact) mass is 166 g/mol. The van der Waals surface area contributed by atoms with Gasteiger partial charge in [0.1, 0.15) is 0 Å². The number of benzene rings is 1. The summed E-state index contributed by atoms with van der Waals surface area (Å²) in [5.41, 5.74) is 12.5. The van der Waals surface area contributed by atoms with E-state index >= 15 is 0 Å². The van der Waals surface area contributed by atoms with Crippen LogP contribution in [0.1, 0.15) is 15.9 Å². The lowest BCUT2D eigenvalue weighted by atomic mass is 10.1. The van der Waals surface area contributed by atoms with Crippen molar-refractivity contribution in [2.75, 3.05) is 11.5 Å². The summed E-state index contributed by atoms with van der Waals surface area (Å²) in [6.45, 7) is 1.63. The third-order valence-corrected chi connectivity index (χ3v) is 1.78. The van der Waals surface area contributed by atoms with Crippen molar-refractivity contribution in [3.63, 3.8) is 0 Å². The Morgan fingerprint density at radius 3 is 2.50 bits per heavy atom. The lowest BCUT2D eigenvalue weighted by Crippen LogP contribution is -2.05. The molecule has 4 heteroatoms. The Hall–Kier alpha value is -1.71. The molecule has 0 aliphatic heterocycles. The zero-order valence-corrected chi connectivity index (χ0v) is 6.66. The van der Waals surface area contributed by atoms with Crippen LogP contribution in [0.25, 0.3) is 0 Å². The minimum atomic E-state index is -0.987. The van der Waals surface area contributed by atoms with E-state index in [1.807, 2.05) is 0 Å². The van der Waals surface area contributed by atoms with Gasteiger partial charge in [-0.2, -0.15) is 0 Å². The fraction of sp³-hybridized carbons (Fsp3) is 0.125. The number of aromatic carboxylic acids is 1. The van der Waals surface area contributed by atoms with Crippen LogP contribution in [0.4, 0.5) is 11.4 Å². The Balaban J connectivity index is 3.36. The molecule has 0 heterocycles. The molecule has 5 N–H and O–H groups in total. The second-order valence-corrected chi connectivity index (χ2v) is 2.55. The summed E-state index contributed by atoms with van der Waals surface area (Å²) in [7, 11) is 0. The third-order valence-electron chi connectivity index (χ3n) is 1.78. The lowest BCUT2D eigenvalue weighted by molar-refractivity contribution is 0.0696. The highest BCUT2D eigenvalue weighted by molar-refractivity contribution is 5.92. The molecule has 0 amide bonds. The van der Waals surface area contributed by atoms with Crippen LogP contribution in [0, 0.1) is 6.92 Å². The van der Waals surface area contributed by atoms with Gasteiger partial charge in [-0.3, -0.25) is 0 Å². The van der Waals surface area contributed by atoms with Crippen molar-refractivity contribution in [3.05, 3.63) is 23.3 Å². The molecule has 4 nitrogen and oxygen atoms in total. The summed E-state index contributed by atoms with van der Waals surface area (Å²) in [4.78, 5) is 10.6. The van der Waals surface area contributed by atoms with Gasteiger partial charge in [-0.05, 0) is 24.6 Å². The first-order chi connectivity index (χ1) is 5.54. The maximum atomic E-state index is 10.6. The normalized spacial score (nSPS) is 9.75. The molecule has 0 aliphatic rings. The second kappa shape index (κ2) is 2.73. The molecule has 0 atom stereocenters. The Bertz CT molecular complexity index is 334. The Morgan fingerprint density at radius 1 is 1.42 bits per heavy atom. The van der Waals surface area contributed by atoms with Gasteiger partial charge in [-0.15, -0.1) is 0 Å². The number of hydrogen-bond donors (Lipinski definition) is 3. The summed E-state index contributed by atoms with van der Waals surface area (Å²) in [6, 6.07) is 2.94. The topological polar surface area (TPSA) is 89.3 Å². The highest BCUT2D eigenvalue weighted by Crippen LogP contribution is 2.22. The zero-order valence-electron chi connectivity index (χ0n) is 6.66. The average Bonchev–Trinajstić information content (AvgIpc) is 2.00. The molecule has 0 unspecified atom stereocenters. The van der Waals surface area contributed by atoms with Crippen molar-refractivity contribution < 1.29 is 9.90 Å². The summed E-state index contributed by atoms with van der Waals surface area (Å²) in [5.74, 6) is -0.987. The largest absolute Gasteiger partial charge is 0.478 e. The quantitative estimate of drug-likeness (QED) is 0.540. The summed E-state index contributed by atoms with van der Waals surface area (Å²) in [5, 5.41) is 8.68. The van der Waals surface area contributed by atoms with E-state index in [0.717, 1.165) is 0 Å². The van der Waals surface area contributed by atoms with Crippen LogP contribution in [0.3, 0.4) is 0 Å². The number of anilines is 2. The van der Waals surface area contributed by atoms with Crippen molar-refractivity contribution in [1.29, 1.82) is 0 Å². The number of hydrogen-bond acceptors (Lipinski definition) is 3. The standard InChI is InChI=1S/C8H10N2O2/c1-4-5(8(11)12)2-3-6(9)7(4)10/h2-3H,9-10H2,1H3,(H,11,12). The molecule has 0 aromatic heterocycles. The van der Waals surface area contributed by atoms with Crippen LogP contribution in [-0.2, 0) is 0 Å². The number of carboxylic acid groups (broad SMARTS) is 1. The Labute approximate surface area is 69.8 Å². The molecule has 1 rings (SSSR count). The van der Waals surface area contributed by atoms with Gasteiger partial charge < -0.3 is 16.6 Å². The maximum Gasteiger partial charge on any atom is 0.336 e. The molecule has 0 bridgehead atoms. The van der Waals surface area contributed by atoms with E-state index in [1.54, 1.807) is 6.92 Å². The molecule has 0 radical (unpaired) electrons. The molecular weight excluding hydrogens is 156 g/mol. The van der Waals surface area contributed by atoms with E-state index in [9.17, 15) is 4.79 Å². The molecule has 0 fully saturated rings. The van der Waals surface area contributed by atoms with E-state index in [-0.39, 0.29) is 5.56 Å². The van der Waals surface area contributed by atoms with Crippen molar-refractivity contribution in [2.45, 2.75) is 6.92 Å². The molecular formula is C8H10N2O2. The Morgan fingerprint density at radius 2 is 2.00 bits per heavy atom. The number of rotatable bonds is 1. The van der Waals surface area contributed by atoms with E-state index < -0.39 is 5.97 Å². The minimum Gasteiger partial charge on any atom is -0.478 e. The molecule has 12 heavy (non-hydrogen) atoms. The minimum absolute atomic E-state index is 0.196. The van der Waals surface area contributed by atoms with Gasteiger partial charge in [0.05, 0.1) is 16.9 Å². The molecule has 0 spiro atoms. The fourth-order valence-electron chi connectivity index (χ4n) is 0.981. The summed E-state index contributed by atoms with van der Waals surface area (Å²) in [6.07, 6.45) is 0. The molecule has 1 aromatic rings. The van der Waals surface area contributed by atoms with Gasteiger partial charge in [0.15, 0.2) is 0 Å². The number of carbonyl (C=O) groups is 1. The highest BCUT2D eigenvalue weighted by atomic mass is 16.4. The van der Waals surface area contributed by atoms with Crippen molar-refractivity contribution >= 4 is 17.3 Å². The number of nitrogen functional groups attached to an aromatic ring is 2. The predicted octanol–water partition coefficient (Wildman–Crippen LogP) is 0.858. The van der Waals surface area contributed by atoms with Crippen molar-refractivity contribution in [2.24, 2.45) is 0 Å². The average molecular weight is 166 g/mol. The zero-order chi connectivity index (χ0) is 9.30. The van der Waals surface area contributed by atoms with Gasteiger partial charge in [0, 0.05) is 0 Å². The maximum absolute atomic E-state index is 10.6. The molecule has 0 saturated carbocycles. The SMILES string of the molecule is Cc1c(C(=O)O)ccc(N)c1N. The fourth-order valence-corrected chi connectivity index (χ4v) is 0.981. The smallest absolute Gasteiger partial charge is 0.336 e. The highest BCUT2D eigenvalue weighted by Gasteiger charge is 2.09. The Kier molecular flexibility index (Phi) is 1.91. The molecule has 64 valence electrons. The van der Waals surface area contributed by atoms with Crippen molar-refractivity contribution in [3.8, 4) is 0 Å². The number of nitrogens with two attached hydrogens (primary N) is 2. The summed E-state index contributed by atoms with van der Waals surface area (Å²) < 4.78 is 0. The predicted molar refractivity (Wildman–Crippen MR) is 47.0 cm³/mol. The van der Waals surface area contributed by atoms with E-state index in [0.29, 0.717) is 16.9 Å². The first kappa shape index (κ1) is 8.39. The van der Waals surface area contributed by atoms with Crippen LogP contribution in [0.2, 0.25) is 0 Å². The van der Waals surface area contributed by atoms with Gasteiger partial charge in [-0.1, -0.05) is 0 Å². The van der Waals surface area contributed by atoms with Gasteiger partial charge in [0.2, 0.25) is 0 Å². The van der Waals surface area contributed by atoms with Crippen LogP contribution in [0.5, 0.6) is 0 Å². The van der Waals surface area contributed by atoms with E-state index in [1.165, 1.54) is 12.1 Å². The van der Waals surface area contributed by atoms with Crippen LogP contribution < -0.4 is 11.5 Å². The third kappa shape index (κ3) is 1.18. The van der Waals surface area contributed by atoms with Crippen molar-refractivity contribution in [1.82, 2.24) is 0 Å². The van der Waals surface area contributed by atoms with E-state index in [2.05, 4.69) is 0 Å². The second-order valence-electron chi connectivity index (χ2n) is 2.55. The number of carboxylic acids is 1. The van der Waals surface area contributed by atoms with Gasteiger partial charge in [0.25, 0.3) is 0 Å². The lowest BCUT2D eigenvalue weighted by Gasteiger charge is -2.06. The molecule has 1 aromatic carbocycles. The molecule has 0 saturated heterocycles. The van der Waals surface area contributed by atoms with Crippen LogP contribution >= 0.6 is 0 Å². The first-order valence-electron chi connectivity index (χ1n) is 3.42. The van der Waals surface area contributed by atoms with Gasteiger partial charge in [-0.25, -0.2) is 4.79 Å². The first-order valence-corrected chi connectivity index (χ1v) is 3.42. The summed E-state index contributed by atoms with van der Waals surface area (Å²) >= 11 is 0. The van der Waals surface area contributed by atoms with Crippen LogP contribution in [-0.4, -0.2) is 11.1 Å². The molecule has 0 aliphatic carbocycles. The van der Waals surface area contributed by atoms with Crippen LogP contribution in [0.15, 0.2) is 12.1 Å².